The van der Waals surface area contributed by atoms with E-state index in [1.807, 2.05) is 0 Å². The van der Waals surface area contributed by atoms with E-state index < -0.39 is 0 Å². The first kappa shape index (κ1) is 5.65. The maximum absolute atomic E-state index is 5.39. The molecule has 0 unspecified atom stereocenters. The van der Waals surface area contributed by atoms with Gasteiger partial charge < -0.3 is 15.4 Å². The Morgan fingerprint density at radius 2 is 2.56 bits per heavy atom. The molecular formula is C6H11N2O. The second-order valence-electron chi connectivity index (χ2n) is 2.45. The summed E-state index contributed by atoms with van der Waals surface area (Å²) in [5.74, 6) is 0. The monoisotopic (exact) mass is 127 g/mol. The molecule has 9 heavy (non-hydrogen) atoms. The summed E-state index contributed by atoms with van der Waals surface area (Å²) in [6.07, 6.45) is 1.20. The first-order valence-corrected chi connectivity index (χ1v) is 3.39. The van der Waals surface area contributed by atoms with Gasteiger partial charge in [0, 0.05) is 19.6 Å². The fraction of sp³-hybridized carbons (Fsp3) is 0.833. The van der Waals surface area contributed by atoms with Crippen molar-refractivity contribution in [1.29, 1.82) is 0 Å². The second kappa shape index (κ2) is 2.25. The fourth-order valence-electron chi connectivity index (χ4n) is 1.33. The highest BCUT2D eigenvalue weighted by molar-refractivity contribution is 5.04. The summed E-state index contributed by atoms with van der Waals surface area (Å²) in [5.41, 5.74) is 0. The number of ether oxygens (including phenoxy) is 1. The van der Waals surface area contributed by atoms with E-state index in [0.29, 0.717) is 6.04 Å². The van der Waals surface area contributed by atoms with Gasteiger partial charge in [0.25, 0.3) is 0 Å². The van der Waals surface area contributed by atoms with Gasteiger partial charge in [-0.15, -0.1) is 0 Å². The molecule has 2 rings (SSSR count). The summed E-state index contributed by atoms with van der Waals surface area (Å²) in [6.45, 7) is 3.82. The summed E-state index contributed by atoms with van der Waals surface area (Å²) >= 11 is 0. The second-order valence-corrected chi connectivity index (χ2v) is 2.45. The van der Waals surface area contributed by atoms with E-state index >= 15 is 0 Å². The molecule has 0 aliphatic carbocycles. The molecule has 0 aromatic rings. The zero-order chi connectivity index (χ0) is 6.10. The van der Waals surface area contributed by atoms with Crippen molar-refractivity contribution < 1.29 is 4.74 Å². The van der Waals surface area contributed by atoms with Crippen LogP contribution in [0.4, 0.5) is 0 Å². The van der Waals surface area contributed by atoms with Gasteiger partial charge in [-0.1, -0.05) is 0 Å². The van der Waals surface area contributed by atoms with Gasteiger partial charge in [0.15, 0.2) is 0 Å². The van der Waals surface area contributed by atoms with E-state index in [-0.39, 0.29) is 0 Å². The van der Waals surface area contributed by atoms with Crippen LogP contribution in [0.5, 0.6) is 0 Å². The largest absolute Gasteiger partial charge is 0.368 e. The van der Waals surface area contributed by atoms with E-state index in [1.165, 1.54) is 6.10 Å². The molecule has 0 saturated carbocycles. The highest BCUT2D eigenvalue weighted by atomic mass is 16.5. The lowest BCUT2D eigenvalue weighted by Crippen LogP contribution is -2.42. The lowest BCUT2D eigenvalue weighted by atomic mass is 10.2. The molecule has 3 heteroatoms. The summed E-state index contributed by atoms with van der Waals surface area (Å²) < 4.78 is 5.39. The van der Waals surface area contributed by atoms with Crippen LogP contribution in [0.1, 0.15) is 0 Å². The standard InChI is InChI=1S/C6H11N2O/c1-2-9-6-4-7-3-5(6)8-1/h5,7-8H,1-4H2/t5-/m1/s1. The van der Waals surface area contributed by atoms with Crippen LogP contribution in [0.2, 0.25) is 0 Å². The Morgan fingerprint density at radius 3 is 3.44 bits per heavy atom. The molecule has 1 radical (unpaired) electrons. The van der Waals surface area contributed by atoms with Gasteiger partial charge in [-0.25, -0.2) is 0 Å². The minimum atomic E-state index is 0.499. The maximum atomic E-state index is 5.39. The molecular weight excluding hydrogens is 116 g/mol. The number of hydrogen-bond donors (Lipinski definition) is 2. The number of rotatable bonds is 0. The van der Waals surface area contributed by atoms with Gasteiger partial charge in [-0.3, -0.25) is 0 Å². The van der Waals surface area contributed by atoms with Crippen LogP contribution in [0, 0.1) is 6.10 Å². The Kier molecular flexibility index (Phi) is 1.41. The van der Waals surface area contributed by atoms with Gasteiger partial charge in [0.05, 0.1) is 12.6 Å². The number of fused-ring (bicyclic) bond motifs is 1. The van der Waals surface area contributed by atoms with Crippen molar-refractivity contribution in [2.24, 2.45) is 0 Å². The average Bonchev–Trinajstić information content (AvgIpc) is 2.33. The SMILES string of the molecule is C1CO[C]2CNC[C@H]2N1. The van der Waals surface area contributed by atoms with Gasteiger partial charge in [-0.05, 0) is 0 Å². The summed E-state index contributed by atoms with van der Waals surface area (Å²) in [5, 5.41) is 6.60. The van der Waals surface area contributed by atoms with E-state index in [1.54, 1.807) is 0 Å². The molecule has 3 nitrogen and oxygen atoms in total. The van der Waals surface area contributed by atoms with Crippen LogP contribution in [0.15, 0.2) is 0 Å². The molecule has 2 fully saturated rings. The van der Waals surface area contributed by atoms with Crippen molar-refractivity contribution in [3.63, 3.8) is 0 Å². The molecule has 2 aliphatic heterocycles. The van der Waals surface area contributed by atoms with Crippen molar-refractivity contribution in [2.45, 2.75) is 6.04 Å². The van der Waals surface area contributed by atoms with Gasteiger partial charge in [0.2, 0.25) is 0 Å². The maximum Gasteiger partial charge on any atom is 0.129 e. The Labute approximate surface area is 54.8 Å². The smallest absolute Gasteiger partial charge is 0.129 e. The Bertz CT molecular complexity index is 95.2. The van der Waals surface area contributed by atoms with E-state index in [2.05, 4.69) is 10.6 Å². The lowest BCUT2D eigenvalue weighted by molar-refractivity contribution is 0.0998. The van der Waals surface area contributed by atoms with Gasteiger partial charge in [-0.2, -0.15) is 0 Å². The van der Waals surface area contributed by atoms with Crippen LogP contribution in [-0.4, -0.2) is 32.3 Å². The first-order chi connectivity index (χ1) is 4.47. The summed E-state index contributed by atoms with van der Waals surface area (Å²) in [6, 6.07) is 0.499. The van der Waals surface area contributed by atoms with Crippen LogP contribution in [0.3, 0.4) is 0 Å². The molecule has 2 heterocycles. The third-order valence-corrected chi connectivity index (χ3v) is 1.82. The zero-order valence-electron chi connectivity index (χ0n) is 5.31. The average molecular weight is 127 g/mol. The quantitative estimate of drug-likeness (QED) is 0.443. The molecule has 0 aromatic carbocycles. The molecule has 0 bridgehead atoms. The summed E-state index contributed by atoms with van der Waals surface area (Å²) in [7, 11) is 0. The number of morpholine rings is 1. The third-order valence-electron chi connectivity index (χ3n) is 1.82. The van der Waals surface area contributed by atoms with Crippen LogP contribution < -0.4 is 10.6 Å². The topological polar surface area (TPSA) is 33.3 Å². The molecule has 2 aliphatic rings. The molecule has 51 valence electrons. The molecule has 2 saturated heterocycles. The number of nitrogens with one attached hydrogen (secondary N) is 2. The predicted octanol–water partition coefficient (Wildman–Crippen LogP) is -0.890. The highest BCUT2D eigenvalue weighted by Crippen LogP contribution is 2.15. The number of hydrogen-bond acceptors (Lipinski definition) is 3. The van der Waals surface area contributed by atoms with Crippen LogP contribution in [-0.2, 0) is 4.74 Å². The third kappa shape index (κ3) is 0.956. The fourth-order valence-corrected chi connectivity index (χ4v) is 1.33. The normalized spacial score (nSPS) is 36.7. The minimum absolute atomic E-state index is 0.499. The van der Waals surface area contributed by atoms with Crippen LogP contribution >= 0.6 is 0 Å². The van der Waals surface area contributed by atoms with Crippen molar-refractivity contribution >= 4 is 0 Å². The molecule has 0 amide bonds. The van der Waals surface area contributed by atoms with Crippen molar-refractivity contribution in [3.8, 4) is 0 Å². The Balaban J connectivity index is 1.97. The van der Waals surface area contributed by atoms with E-state index in [4.69, 9.17) is 4.74 Å². The summed E-state index contributed by atoms with van der Waals surface area (Å²) in [4.78, 5) is 0. The van der Waals surface area contributed by atoms with E-state index in [9.17, 15) is 0 Å². The van der Waals surface area contributed by atoms with Gasteiger partial charge >= 0.3 is 0 Å². The van der Waals surface area contributed by atoms with Crippen LogP contribution in [0.25, 0.3) is 0 Å². The molecule has 0 spiro atoms. The van der Waals surface area contributed by atoms with Crippen molar-refractivity contribution in [1.82, 2.24) is 10.6 Å². The molecule has 2 N–H and O–H groups in total. The van der Waals surface area contributed by atoms with E-state index in [0.717, 1.165) is 26.2 Å². The Morgan fingerprint density at radius 1 is 1.56 bits per heavy atom. The molecule has 1 atom stereocenters. The minimum Gasteiger partial charge on any atom is -0.368 e. The highest BCUT2D eigenvalue weighted by Gasteiger charge is 2.30. The zero-order valence-corrected chi connectivity index (χ0v) is 5.31. The lowest BCUT2D eigenvalue weighted by Gasteiger charge is -2.24. The first-order valence-electron chi connectivity index (χ1n) is 3.39. The van der Waals surface area contributed by atoms with Crippen molar-refractivity contribution in [3.05, 3.63) is 6.10 Å². The Hall–Kier alpha value is -0.120. The predicted molar refractivity (Wildman–Crippen MR) is 33.9 cm³/mol. The molecule has 0 aromatic heterocycles. The van der Waals surface area contributed by atoms with Gasteiger partial charge in [0.1, 0.15) is 6.10 Å². The van der Waals surface area contributed by atoms with Crippen molar-refractivity contribution in [2.75, 3.05) is 26.2 Å².